The highest BCUT2D eigenvalue weighted by Crippen LogP contribution is 2.47. The SMILES string of the molecule is C[C@H](O)c1ccc(N2CCC3(CCCC3)CC2)c(Cl)c1. The first-order chi connectivity index (χ1) is 9.60. The third kappa shape index (κ3) is 2.68. The van der Waals surface area contributed by atoms with Gasteiger partial charge in [0.05, 0.1) is 16.8 Å². The van der Waals surface area contributed by atoms with Crippen LogP contribution in [0.2, 0.25) is 5.02 Å². The van der Waals surface area contributed by atoms with E-state index in [-0.39, 0.29) is 0 Å². The van der Waals surface area contributed by atoms with Crippen LogP contribution in [0.3, 0.4) is 0 Å². The Morgan fingerprint density at radius 2 is 1.80 bits per heavy atom. The molecule has 3 heteroatoms. The lowest BCUT2D eigenvalue weighted by Crippen LogP contribution is -2.39. The molecule has 1 spiro atoms. The molecule has 0 unspecified atom stereocenters. The molecule has 2 nitrogen and oxygen atoms in total. The second kappa shape index (κ2) is 5.57. The van der Waals surface area contributed by atoms with Gasteiger partial charge in [-0.2, -0.15) is 0 Å². The van der Waals surface area contributed by atoms with Crippen molar-refractivity contribution in [2.75, 3.05) is 18.0 Å². The molecule has 1 N–H and O–H groups in total. The lowest BCUT2D eigenvalue weighted by molar-refractivity contribution is 0.199. The minimum atomic E-state index is -0.454. The van der Waals surface area contributed by atoms with E-state index in [0.717, 1.165) is 29.4 Å². The van der Waals surface area contributed by atoms with Crippen molar-refractivity contribution in [3.05, 3.63) is 28.8 Å². The van der Waals surface area contributed by atoms with E-state index >= 15 is 0 Å². The Kier molecular flexibility index (Phi) is 3.96. The quantitative estimate of drug-likeness (QED) is 0.864. The summed E-state index contributed by atoms with van der Waals surface area (Å²) in [5, 5.41) is 10.4. The highest BCUT2D eigenvalue weighted by Gasteiger charge is 2.37. The first kappa shape index (κ1) is 14.2. The number of aliphatic hydroxyl groups is 1. The van der Waals surface area contributed by atoms with Gasteiger partial charge in [-0.15, -0.1) is 0 Å². The average molecular weight is 294 g/mol. The van der Waals surface area contributed by atoms with Crippen molar-refractivity contribution in [2.45, 2.75) is 51.6 Å². The standard InChI is InChI=1S/C17H24ClNO/c1-13(20)14-4-5-16(15(18)12-14)19-10-8-17(9-11-19)6-2-3-7-17/h4-5,12-13,20H,2-3,6-11H2,1H3/t13-/m0/s1. The zero-order chi connectivity index (χ0) is 14.2. The smallest absolute Gasteiger partial charge is 0.0762 e. The largest absolute Gasteiger partial charge is 0.389 e. The number of hydrogen-bond acceptors (Lipinski definition) is 2. The van der Waals surface area contributed by atoms with E-state index in [2.05, 4.69) is 11.0 Å². The Morgan fingerprint density at radius 1 is 1.15 bits per heavy atom. The van der Waals surface area contributed by atoms with E-state index in [4.69, 9.17) is 11.6 Å². The Hall–Kier alpha value is -0.730. The van der Waals surface area contributed by atoms with Crippen LogP contribution in [-0.4, -0.2) is 18.2 Å². The summed E-state index contributed by atoms with van der Waals surface area (Å²) in [7, 11) is 0. The number of piperidine rings is 1. The molecule has 1 aromatic rings. The molecule has 1 aliphatic heterocycles. The molecule has 1 saturated heterocycles. The topological polar surface area (TPSA) is 23.5 Å². The van der Waals surface area contributed by atoms with Crippen LogP contribution in [0, 0.1) is 5.41 Å². The van der Waals surface area contributed by atoms with Gasteiger partial charge in [0, 0.05) is 13.1 Å². The van der Waals surface area contributed by atoms with E-state index in [0.29, 0.717) is 5.41 Å². The molecular formula is C17H24ClNO. The Labute approximate surface area is 126 Å². The Balaban J connectivity index is 1.71. The van der Waals surface area contributed by atoms with E-state index in [1.165, 1.54) is 38.5 Å². The Morgan fingerprint density at radius 3 is 2.35 bits per heavy atom. The van der Waals surface area contributed by atoms with E-state index in [9.17, 15) is 5.11 Å². The van der Waals surface area contributed by atoms with Gasteiger partial charge in [0.1, 0.15) is 0 Å². The maximum atomic E-state index is 9.62. The predicted octanol–water partition coefficient (Wildman–Crippen LogP) is 4.55. The summed E-state index contributed by atoms with van der Waals surface area (Å²) in [4.78, 5) is 2.41. The van der Waals surface area contributed by atoms with E-state index in [1.807, 2.05) is 12.1 Å². The van der Waals surface area contributed by atoms with Gasteiger partial charge in [-0.3, -0.25) is 0 Å². The summed E-state index contributed by atoms with van der Waals surface area (Å²) < 4.78 is 0. The maximum Gasteiger partial charge on any atom is 0.0762 e. The third-order valence-corrected chi connectivity index (χ3v) is 5.59. The van der Waals surface area contributed by atoms with Gasteiger partial charge in [-0.05, 0) is 55.7 Å². The fourth-order valence-corrected chi connectivity index (χ4v) is 4.19. The van der Waals surface area contributed by atoms with E-state index in [1.54, 1.807) is 6.92 Å². The van der Waals surface area contributed by atoms with Crippen molar-refractivity contribution in [2.24, 2.45) is 5.41 Å². The number of rotatable bonds is 2. The molecule has 1 heterocycles. The minimum absolute atomic E-state index is 0.454. The summed E-state index contributed by atoms with van der Waals surface area (Å²) in [5.41, 5.74) is 2.66. The minimum Gasteiger partial charge on any atom is -0.389 e. The number of halogens is 1. The molecule has 0 aromatic heterocycles. The summed E-state index contributed by atoms with van der Waals surface area (Å²) in [5.74, 6) is 0. The first-order valence-corrected chi connectivity index (χ1v) is 8.20. The van der Waals surface area contributed by atoms with Crippen molar-refractivity contribution in [3.8, 4) is 0 Å². The van der Waals surface area contributed by atoms with Gasteiger partial charge >= 0.3 is 0 Å². The van der Waals surface area contributed by atoms with Crippen LogP contribution in [0.5, 0.6) is 0 Å². The summed E-state index contributed by atoms with van der Waals surface area (Å²) in [6, 6.07) is 5.96. The molecule has 3 rings (SSSR count). The molecule has 110 valence electrons. The molecule has 1 saturated carbocycles. The summed E-state index contributed by atoms with van der Waals surface area (Å²) >= 11 is 6.41. The van der Waals surface area contributed by atoms with Crippen LogP contribution in [0.15, 0.2) is 18.2 Å². The summed E-state index contributed by atoms with van der Waals surface area (Å²) in [6.45, 7) is 4.01. The fraction of sp³-hybridized carbons (Fsp3) is 0.647. The fourth-order valence-electron chi connectivity index (χ4n) is 3.89. The van der Waals surface area contributed by atoms with Crippen molar-refractivity contribution < 1.29 is 5.11 Å². The second-order valence-electron chi connectivity index (χ2n) is 6.58. The number of anilines is 1. The molecule has 0 bridgehead atoms. The zero-order valence-corrected chi connectivity index (χ0v) is 13.0. The highest BCUT2D eigenvalue weighted by molar-refractivity contribution is 6.33. The maximum absolute atomic E-state index is 9.62. The molecule has 2 aliphatic rings. The van der Waals surface area contributed by atoms with Crippen molar-refractivity contribution in [1.29, 1.82) is 0 Å². The van der Waals surface area contributed by atoms with Gasteiger partial charge < -0.3 is 10.0 Å². The molecule has 2 fully saturated rings. The number of aliphatic hydroxyl groups excluding tert-OH is 1. The lowest BCUT2D eigenvalue weighted by atomic mass is 9.77. The van der Waals surface area contributed by atoms with Gasteiger partial charge in [0.15, 0.2) is 0 Å². The number of benzene rings is 1. The number of hydrogen-bond donors (Lipinski definition) is 1. The van der Waals surface area contributed by atoms with Crippen LogP contribution in [0.4, 0.5) is 5.69 Å². The molecule has 1 aliphatic carbocycles. The van der Waals surface area contributed by atoms with Crippen molar-refractivity contribution >= 4 is 17.3 Å². The van der Waals surface area contributed by atoms with Gasteiger partial charge in [0.25, 0.3) is 0 Å². The third-order valence-electron chi connectivity index (χ3n) is 5.28. The zero-order valence-electron chi connectivity index (χ0n) is 12.2. The van der Waals surface area contributed by atoms with Gasteiger partial charge in [-0.1, -0.05) is 30.5 Å². The highest BCUT2D eigenvalue weighted by atomic mass is 35.5. The monoisotopic (exact) mass is 293 g/mol. The van der Waals surface area contributed by atoms with Crippen molar-refractivity contribution in [1.82, 2.24) is 0 Å². The molecule has 0 radical (unpaired) electrons. The van der Waals surface area contributed by atoms with Crippen LogP contribution in [-0.2, 0) is 0 Å². The van der Waals surface area contributed by atoms with Gasteiger partial charge in [0.2, 0.25) is 0 Å². The first-order valence-electron chi connectivity index (χ1n) is 7.82. The van der Waals surface area contributed by atoms with Crippen molar-refractivity contribution in [3.63, 3.8) is 0 Å². The molecule has 20 heavy (non-hydrogen) atoms. The second-order valence-corrected chi connectivity index (χ2v) is 6.99. The Bertz CT molecular complexity index is 470. The molecule has 1 aromatic carbocycles. The summed E-state index contributed by atoms with van der Waals surface area (Å²) in [6.07, 6.45) is 7.85. The van der Waals surface area contributed by atoms with Crippen LogP contribution < -0.4 is 4.90 Å². The van der Waals surface area contributed by atoms with Crippen LogP contribution >= 0.6 is 11.6 Å². The molecular weight excluding hydrogens is 270 g/mol. The molecule has 1 atom stereocenters. The predicted molar refractivity (Wildman–Crippen MR) is 84.4 cm³/mol. The molecule has 0 amide bonds. The van der Waals surface area contributed by atoms with Gasteiger partial charge in [-0.25, -0.2) is 0 Å². The van der Waals surface area contributed by atoms with E-state index < -0.39 is 6.10 Å². The number of nitrogens with zero attached hydrogens (tertiary/aromatic N) is 1. The lowest BCUT2D eigenvalue weighted by Gasteiger charge is -2.40. The average Bonchev–Trinajstić information content (AvgIpc) is 2.88. The normalized spacial score (nSPS) is 23.2. The van der Waals surface area contributed by atoms with Crippen LogP contribution in [0.1, 0.15) is 57.1 Å². The van der Waals surface area contributed by atoms with Crippen LogP contribution in [0.25, 0.3) is 0 Å².